The number of aliphatic imine (C=N–C) groups is 1. The van der Waals surface area contributed by atoms with Crippen LogP contribution in [0.3, 0.4) is 0 Å². The van der Waals surface area contributed by atoms with Crippen LogP contribution in [0.25, 0.3) is 34.8 Å². The molecule has 4 aromatic heterocycles. The molecular weight excluding hydrogens is 561 g/mol. The highest BCUT2D eigenvalue weighted by molar-refractivity contribution is 7.11. The van der Waals surface area contributed by atoms with Gasteiger partial charge in [0.1, 0.15) is 5.69 Å². The van der Waals surface area contributed by atoms with E-state index in [1.54, 1.807) is 24.7 Å². The minimum absolute atomic E-state index is 0.0545. The summed E-state index contributed by atoms with van der Waals surface area (Å²) in [5.74, 6) is 0.118. The van der Waals surface area contributed by atoms with Gasteiger partial charge in [0.25, 0.3) is 0 Å². The van der Waals surface area contributed by atoms with Crippen LogP contribution in [0.1, 0.15) is 67.6 Å². The van der Waals surface area contributed by atoms with Gasteiger partial charge in [-0.25, -0.2) is 0 Å². The zero-order valence-electron chi connectivity index (χ0n) is 24.2. The number of rotatable bonds is 6. The van der Waals surface area contributed by atoms with Crippen LogP contribution in [-0.2, 0) is 11.3 Å². The fourth-order valence-corrected chi connectivity index (χ4v) is 6.56. The van der Waals surface area contributed by atoms with Crippen LogP contribution in [0.2, 0.25) is 0 Å². The van der Waals surface area contributed by atoms with Crippen molar-refractivity contribution in [2.45, 2.75) is 52.5 Å². The summed E-state index contributed by atoms with van der Waals surface area (Å²) in [7, 11) is 0. The number of nitrogens with one attached hydrogen (secondary N) is 3. The average molecular weight is 596 g/mol. The van der Waals surface area contributed by atoms with Gasteiger partial charge in [0.2, 0.25) is 5.91 Å². The number of carbonyl (C=O) groups excluding carboxylic acids is 1. The summed E-state index contributed by atoms with van der Waals surface area (Å²) in [6, 6.07) is 7.26. The van der Waals surface area contributed by atoms with Gasteiger partial charge in [-0.2, -0.15) is 9.49 Å². The minimum Gasteiger partial charge on any atom is -0.403 e. The van der Waals surface area contributed by atoms with E-state index >= 15 is 0 Å². The second kappa shape index (κ2) is 12.3. The number of carbonyl (C=O) groups is 1. The molecule has 0 atom stereocenters. The number of fused-ring (bicyclic) bond motifs is 1. The molecule has 4 aromatic rings. The van der Waals surface area contributed by atoms with E-state index in [9.17, 15) is 9.18 Å². The lowest BCUT2D eigenvalue weighted by Crippen LogP contribution is -2.26. The van der Waals surface area contributed by atoms with E-state index in [2.05, 4.69) is 30.5 Å². The monoisotopic (exact) mass is 595 g/mol. The molecule has 0 radical (unpaired) electrons. The van der Waals surface area contributed by atoms with Crippen molar-refractivity contribution in [2.75, 3.05) is 5.32 Å². The summed E-state index contributed by atoms with van der Waals surface area (Å²) in [6.45, 7) is 4.54. The molecule has 1 amide bonds. The molecule has 0 bridgehead atoms. The van der Waals surface area contributed by atoms with E-state index in [1.165, 1.54) is 18.7 Å². The number of nitrogens with two attached hydrogens (primary N) is 1. The fraction of sp³-hybridized carbons (Fsp3) is 0.273. The van der Waals surface area contributed by atoms with Gasteiger partial charge in [-0.1, -0.05) is 24.8 Å². The van der Waals surface area contributed by atoms with Crippen molar-refractivity contribution in [1.82, 2.24) is 20.2 Å². The average Bonchev–Trinajstić information content (AvgIpc) is 3.71. The molecule has 0 aromatic carbocycles. The van der Waals surface area contributed by atoms with Crippen molar-refractivity contribution < 1.29 is 9.18 Å². The third kappa shape index (κ3) is 6.01. The number of nitrogens with zero attached hydrogens (tertiary/aromatic N) is 3. The normalized spacial score (nSPS) is 16.1. The number of anilines is 1. The van der Waals surface area contributed by atoms with Gasteiger partial charge in [0.15, 0.2) is 5.13 Å². The Bertz CT molecular complexity index is 1880. The summed E-state index contributed by atoms with van der Waals surface area (Å²) < 4.78 is 13.9. The lowest BCUT2D eigenvalue weighted by Gasteiger charge is -2.20. The lowest BCUT2D eigenvalue weighted by atomic mass is 9.88. The van der Waals surface area contributed by atoms with E-state index < -0.39 is 0 Å². The maximum atomic E-state index is 13.9. The van der Waals surface area contributed by atoms with Crippen molar-refractivity contribution in [3.8, 4) is 11.4 Å². The topological polar surface area (TPSA) is 125 Å². The highest BCUT2D eigenvalue weighted by Gasteiger charge is 2.22. The molecule has 6 rings (SSSR count). The van der Waals surface area contributed by atoms with Gasteiger partial charge in [0.05, 0.1) is 29.5 Å². The van der Waals surface area contributed by atoms with E-state index in [0.717, 1.165) is 86.3 Å². The second-order valence-electron chi connectivity index (χ2n) is 11.2. The molecule has 0 saturated heterocycles. The Morgan fingerprint density at radius 3 is 2.74 bits per heavy atom. The van der Waals surface area contributed by atoms with E-state index in [1.807, 2.05) is 38.1 Å². The van der Waals surface area contributed by atoms with Crippen LogP contribution in [0.5, 0.6) is 0 Å². The molecular formula is C33H34FN7OS. The van der Waals surface area contributed by atoms with E-state index in [4.69, 9.17) is 5.73 Å². The van der Waals surface area contributed by atoms with Gasteiger partial charge in [0, 0.05) is 57.0 Å². The summed E-state index contributed by atoms with van der Waals surface area (Å²) in [4.78, 5) is 26.2. The lowest BCUT2D eigenvalue weighted by molar-refractivity contribution is -0.120. The number of aromatic amines is 2. The Labute approximate surface area is 253 Å². The van der Waals surface area contributed by atoms with Crippen LogP contribution >= 0.6 is 11.3 Å². The number of H-pyrrole nitrogens is 2. The maximum Gasteiger partial charge on any atom is 0.227 e. The summed E-state index contributed by atoms with van der Waals surface area (Å²) >= 11 is 1.11. The number of amides is 1. The first-order chi connectivity index (χ1) is 20.9. The van der Waals surface area contributed by atoms with Gasteiger partial charge in [-0.15, -0.1) is 11.3 Å². The first-order valence-electron chi connectivity index (χ1n) is 14.5. The highest BCUT2D eigenvalue weighted by atomic mass is 32.1. The molecule has 1 aliphatic carbocycles. The minimum atomic E-state index is -0.233. The first-order valence-corrected chi connectivity index (χ1v) is 15.3. The predicted molar refractivity (Wildman–Crippen MR) is 172 cm³/mol. The van der Waals surface area contributed by atoms with Crippen LogP contribution in [-0.4, -0.2) is 32.3 Å². The van der Waals surface area contributed by atoms with E-state index in [-0.39, 0.29) is 17.0 Å². The number of halogens is 1. The van der Waals surface area contributed by atoms with Crippen molar-refractivity contribution in [3.05, 3.63) is 85.7 Å². The Balaban J connectivity index is 1.38. The Morgan fingerprint density at radius 2 is 2.00 bits per heavy atom. The Kier molecular flexibility index (Phi) is 8.20. The molecule has 0 unspecified atom stereocenters. The highest BCUT2D eigenvalue weighted by Crippen LogP contribution is 2.34. The van der Waals surface area contributed by atoms with Crippen LogP contribution in [0.4, 0.5) is 10.1 Å². The quantitative estimate of drug-likeness (QED) is 0.235. The zero-order chi connectivity index (χ0) is 29.9. The van der Waals surface area contributed by atoms with Crippen LogP contribution in [0.15, 0.2) is 53.3 Å². The Morgan fingerprint density at radius 1 is 1.16 bits per heavy atom. The maximum absolute atomic E-state index is 13.9. The molecule has 5 N–H and O–H groups in total. The van der Waals surface area contributed by atoms with E-state index in [0.29, 0.717) is 23.3 Å². The number of thiophene rings is 1. The third-order valence-corrected chi connectivity index (χ3v) is 8.91. The summed E-state index contributed by atoms with van der Waals surface area (Å²) in [6.07, 6.45) is 16.0. The van der Waals surface area contributed by atoms with Gasteiger partial charge in [-0.05, 0) is 68.7 Å². The molecule has 43 heavy (non-hydrogen) atoms. The third-order valence-electron chi connectivity index (χ3n) is 8.00. The number of hydrogen-bond acceptors (Lipinski definition) is 6. The molecule has 1 fully saturated rings. The Hall–Kier alpha value is -4.57. The number of pyridine rings is 1. The van der Waals surface area contributed by atoms with Gasteiger partial charge < -0.3 is 16.0 Å². The number of hydrogen-bond donors (Lipinski definition) is 4. The molecule has 0 spiro atoms. The smallest absolute Gasteiger partial charge is 0.227 e. The fourth-order valence-electron chi connectivity index (χ4n) is 5.79. The summed E-state index contributed by atoms with van der Waals surface area (Å²) in [5.41, 5.74) is 13.9. The van der Waals surface area contributed by atoms with Crippen LogP contribution < -0.4 is 21.6 Å². The predicted octanol–water partition coefficient (Wildman–Crippen LogP) is 5.51. The molecule has 5 heterocycles. The molecule has 220 valence electrons. The molecule has 10 heteroatoms. The molecule has 1 aliphatic heterocycles. The number of aromatic nitrogens is 4. The van der Waals surface area contributed by atoms with Gasteiger partial charge >= 0.3 is 0 Å². The molecule has 1 saturated carbocycles. The standard InChI is InChI=1S/C33H34FN7OS/c1-19(2)24(21-12-22(17-37-16-21)38-33(42)20-6-4-3-5-7-20)13-26-28(15-35)40-41-32(26)27-14-25-23(30-8-9-31(34)43-30)10-11-36-18-29(25)39-27/h8-17,20,39-40H,3-7,18,35H2,1-2H3,(H,38,42)/b26-13+,28-15+. The molecule has 2 aliphatic rings. The van der Waals surface area contributed by atoms with Crippen molar-refractivity contribution in [3.63, 3.8) is 0 Å². The first kappa shape index (κ1) is 28.5. The van der Waals surface area contributed by atoms with Crippen molar-refractivity contribution >= 4 is 52.6 Å². The van der Waals surface area contributed by atoms with Crippen molar-refractivity contribution in [1.29, 1.82) is 0 Å². The molecule has 8 nitrogen and oxygen atoms in total. The number of allylic oxidation sites excluding steroid dienone is 3. The van der Waals surface area contributed by atoms with Crippen LogP contribution in [0, 0.1) is 11.0 Å². The second-order valence-corrected chi connectivity index (χ2v) is 12.2. The van der Waals surface area contributed by atoms with Crippen molar-refractivity contribution in [2.24, 2.45) is 16.6 Å². The zero-order valence-corrected chi connectivity index (χ0v) is 25.0. The SMILES string of the molecule is CC(C)=C(/C=c1/c(-c2cc3c([nH]2)CN=CC=C3c2ccc(F)s2)n[nH]/c1=C/N)c1cncc(NC(=O)C2CCCCC2)c1. The largest absolute Gasteiger partial charge is 0.403 e. The van der Waals surface area contributed by atoms with Gasteiger partial charge in [-0.3, -0.25) is 19.9 Å². The summed E-state index contributed by atoms with van der Waals surface area (Å²) in [5, 5.41) is 12.0.